The summed E-state index contributed by atoms with van der Waals surface area (Å²) in [6, 6.07) is 0. The first kappa shape index (κ1) is 14.0. The van der Waals surface area contributed by atoms with Crippen molar-refractivity contribution in [1.29, 1.82) is 0 Å². The van der Waals surface area contributed by atoms with E-state index in [-0.39, 0.29) is 11.3 Å². The summed E-state index contributed by atoms with van der Waals surface area (Å²) >= 11 is 1.47. The van der Waals surface area contributed by atoms with E-state index in [1.54, 1.807) is 0 Å². The summed E-state index contributed by atoms with van der Waals surface area (Å²) in [5.74, 6) is -0.412. The summed E-state index contributed by atoms with van der Waals surface area (Å²) in [7, 11) is 0. The van der Waals surface area contributed by atoms with Gasteiger partial charge >= 0.3 is 0 Å². The topological polar surface area (TPSA) is 51.7 Å². The van der Waals surface area contributed by atoms with E-state index in [9.17, 15) is 4.79 Å². The molecule has 0 atom stereocenters. The SMILES string of the molecule is Cc1nc(C)c(C(=O)N2CC3(COC(C)(C)OC3)C2)s1. The van der Waals surface area contributed by atoms with Gasteiger partial charge in [-0.3, -0.25) is 4.79 Å². The highest BCUT2D eigenvalue weighted by Gasteiger charge is 2.50. The Labute approximate surface area is 122 Å². The van der Waals surface area contributed by atoms with Gasteiger partial charge in [-0.25, -0.2) is 4.98 Å². The minimum atomic E-state index is -0.499. The third-order valence-electron chi connectivity index (χ3n) is 3.89. The van der Waals surface area contributed by atoms with E-state index in [1.807, 2.05) is 32.6 Å². The number of ether oxygens (including phenoxy) is 2. The minimum absolute atomic E-state index is 0.0151. The first-order chi connectivity index (χ1) is 9.30. The lowest BCUT2D eigenvalue weighted by Crippen LogP contribution is -2.65. The van der Waals surface area contributed by atoms with Gasteiger partial charge in [-0.05, 0) is 27.7 Å². The number of amides is 1. The van der Waals surface area contributed by atoms with Gasteiger partial charge in [0.1, 0.15) is 4.88 Å². The van der Waals surface area contributed by atoms with Gasteiger partial charge in [0, 0.05) is 13.1 Å². The maximum absolute atomic E-state index is 12.4. The van der Waals surface area contributed by atoms with Gasteiger partial charge in [0.2, 0.25) is 0 Å². The number of nitrogens with zero attached hydrogens (tertiary/aromatic N) is 2. The zero-order valence-electron chi connectivity index (χ0n) is 12.4. The molecule has 1 aromatic rings. The molecule has 0 aromatic carbocycles. The van der Waals surface area contributed by atoms with Crippen LogP contribution in [0.15, 0.2) is 0 Å². The third-order valence-corrected chi connectivity index (χ3v) is 4.95. The van der Waals surface area contributed by atoms with Crippen LogP contribution in [0, 0.1) is 19.3 Å². The highest BCUT2D eigenvalue weighted by atomic mass is 32.1. The quantitative estimate of drug-likeness (QED) is 0.795. The molecule has 0 N–H and O–H groups in total. The summed E-state index contributed by atoms with van der Waals surface area (Å²) in [5, 5.41) is 0.937. The maximum atomic E-state index is 12.4. The number of likely N-dealkylation sites (tertiary alicyclic amines) is 1. The summed E-state index contributed by atoms with van der Waals surface area (Å²) in [5.41, 5.74) is 0.814. The van der Waals surface area contributed by atoms with E-state index in [1.165, 1.54) is 11.3 Å². The van der Waals surface area contributed by atoms with Crippen molar-refractivity contribution < 1.29 is 14.3 Å². The van der Waals surface area contributed by atoms with E-state index >= 15 is 0 Å². The number of carbonyl (C=O) groups excluding carboxylic acids is 1. The molecular weight excluding hydrogens is 276 g/mol. The molecule has 2 saturated heterocycles. The summed E-state index contributed by atoms with van der Waals surface area (Å²) in [6.45, 7) is 10.4. The largest absolute Gasteiger partial charge is 0.350 e. The second-order valence-electron chi connectivity index (χ2n) is 6.29. The molecule has 110 valence electrons. The van der Waals surface area contributed by atoms with Crippen LogP contribution in [0.5, 0.6) is 0 Å². The van der Waals surface area contributed by atoms with Crippen molar-refractivity contribution in [3.05, 3.63) is 15.6 Å². The number of hydrogen-bond donors (Lipinski definition) is 0. The molecule has 3 heterocycles. The molecule has 2 fully saturated rings. The fourth-order valence-corrected chi connectivity index (χ4v) is 3.59. The molecule has 0 saturated carbocycles. The lowest BCUT2D eigenvalue weighted by Gasteiger charge is -2.53. The standard InChI is InChI=1S/C14H20N2O3S/c1-9-11(20-10(2)15-9)12(17)16-5-14(6-16)7-18-13(3,4)19-8-14/h5-8H2,1-4H3. The number of hydrogen-bond acceptors (Lipinski definition) is 5. The number of aromatic nitrogens is 1. The van der Waals surface area contributed by atoms with Gasteiger partial charge in [-0.2, -0.15) is 0 Å². The average Bonchev–Trinajstić information content (AvgIpc) is 2.65. The van der Waals surface area contributed by atoms with Crippen LogP contribution >= 0.6 is 11.3 Å². The van der Waals surface area contributed by atoms with E-state index in [0.29, 0.717) is 26.3 Å². The molecule has 3 rings (SSSR count). The molecule has 0 radical (unpaired) electrons. The molecule has 5 nitrogen and oxygen atoms in total. The van der Waals surface area contributed by atoms with Gasteiger partial charge in [-0.15, -0.1) is 11.3 Å². The smallest absolute Gasteiger partial charge is 0.265 e. The highest BCUT2D eigenvalue weighted by molar-refractivity contribution is 7.13. The molecule has 20 heavy (non-hydrogen) atoms. The molecular formula is C14H20N2O3S. The predicted octanol–water partition coefficient (Wildman–Crippen LogP) is 1.99. The second kappa shape index (κ2) is 4.51. The lowest BCUT2D eigenvalue weighted by molar-refractivity contribution is -0.301. The van der Waals surface area contributed by atoms with Crippen LogP contribution in [0.25, 0.3) is 0 Å². The highest BCUT2D eigenvalue weighted by Crippen LogP contribution is 2.38. The molecule has 0 aliphatic carbocycles. The fourth-order valence-electron chi connectivity index (χ4n) is 2.70. The van der Waals surface area contributed by atoms with Crippen molar-refractivity contribution in [3.8, 4) is 0 Å². The normalized spacial score (nSPS) is 23.7. The van der Waals surface area contributed by atoms with Crippen LogP contribution < -0.4 is 0 Å². The van der Waals surface area contributed by atoms with Crippen molar-refractivity contribution in [3.63, 3.8) is 0 Å². The van der Waals surface area contributed by atoms with Crippen molar-refractivity contribution in [1.82, 2.24) is 9.88 Å². The van der Waals surface area contributed by atoms with Crippen LogP contribution in [0.3, 0.4) is 0 Å². The van der Waals surface area contributed by atoms with Crippen LogP contribution in [-0.4, -0.2) is 47.9 Å². The fraction of sp³-hybridized carbons (Fsp3) is 0.714. The van der Waals surface area contributed by atoms with Gasteiger partial charge in [-0.1, -0.05) is 0 Å². The summed E-state index contributed by atoms with van der Waals surface area (Å²) in [6.07, 6.45) is 0. The van der Waals surface area contributed by atoms with Gasteiger partial charge in [0.05, 0.1) is 29.3 Å². The first-order valence-electron chi connectivity index (χ1n) is 6.82. The van der Waals surface area contributed by atoms with Crippen molar-refractivity contribution in [2.24, 2.45) is 5.41 Å². The number of aryl methyl sites for hydroxylation is 2. The Kier molecular flexibility index (Phi) is 3.15. The minimum Gasteiger partial charge on any atom is -0.350 e. The molecule has 1 spiro atoms. The number of thiazole rings is 1. The average molecular weight is 296 g/mol. The molecule has 6 heteroatoms. The van der Waals surface area contributed by atoms with Crippen molar-refractivity contribution in [2.75, 3.05) is 26.3 Å². The molecule has 0 bridgehead atoms. The van der Waals surface area contributed by atoms with E-state index in [2.05, 4.69) is 4.98 Å². The zero-order valence-corrected chi connectivity index (χ0v) is 13.2. The molecule has 2 aliphatic heterocycles. The summed E-state index contributed by atoms with van der Waals surface area (Å²) < 4.78 is 11.4. The van der Waals surface area contributed by atoms with Crippen LogP contribution in [-0.2, 0) is 9.47 Å². The Morgan fingerprint density at radius 1 is 1.25 bits per heavy atom. The lowest BCUT2D eigenvalue weighted by atomic mass is 9.80. The second-order valence-corrected chi connectivity index (χ2v) is 7.49. The van der Waals surface area contributed by atoms with Crippen LogP contribution in [0.2, 0.25) is 0 Å². The van der Waals surface area contributed by atoms with E-state index < -0.39 is 5.79 Å². The van der Waals surface area contributed by atoms with Gasteiger partial charge in [0.15, 0.2) is 5.79 Å². The Morgan fingerprint density at radius 2 is 1.85 bits per heavy atom. The van der Waals surface area contributed by atoms with Gasteiger partial charge < -0.3 is 14.4 Å². The van der Waals surface area contributed by atoms with Gasteiger partial charge in [0.25, 0.3) is 5.91 Å². The first-order valence-corrected chi connectivity index (χ1v) is 7.63. The molecule has 1 amide bonds. The summed E-state index contributed by atoms with van der Waals surface area (Å²) in [4.78, 5) is 19.4. The molecule has 1 aromatic heterocycles. The Bertz CT molecular complexity index is 535. The zero-order chi connectivity index (χ0) is 14.5. The molecule has 2 aliphatic rings. The maximum Gasteiger partial charge on any atom is 0.265 e. The number of carbonyl (C=O) groups is 1. The molecule has 0 unspecified atom stereocenters. The predicted molar refractivity (Wildman–Crippen MR) is 75.9 cm³/mol. The van der Waals surface area contributed by atoms with Crippen molar-refractivity contribution in [2.45, 2.75) is 33.5 Å². The van der Waals surface area contributed by atoms with Crippen LogP contribution in [0.4, 0.5) is 0 Å². The van der Waals surface area contributed by atoms with E-state index in [0.717, 1.165) is 15.6 Å². The number of rotatable bonds is 1. The Hall–Kier alpha value is -0.980. The Balaban J connectivity index is 1.63. The Morgan fingerprint density at radius 3 is 2.35 bits per heavy atom. The third kappa shape index (κ3) is 2.36. The van der Waals surface area contributed by atoms with Crippen molar-refractivity contribution >= 4 is 17.2 Å². The monoisotopic (exact) mass is 296 g/mol. The van der Waals surface area contributed by atoms with E-state index in [4.69, 9.17) is 9.47 Å². The van der Waals surface area contributed by atoms with Crippen LogP contribution in [0.1, 0.15) is 34.2 Å².